The Labute approximate surface area is 195 Å². The molecule has 34 heavy (non-hydrogen) atoms. The summed E-state index contributed by atoms with van der Waals surface area (Å²) in [5.74, 6) is 1.37. The van der Waals surface area contributed by atoms with E-state index < -0.39 is 12.1 Å². The topological polar surface area (TPSA) is 123 Å². The van der Waals surface area contributed by atoms with Crippen LogP contribution in [0.2, 0.25) is 0 Å². The van der Waals surface area contributed by atoms with E-state index in [1.54, 1.807) is 36.4 Å². The molecule has 0 aliphatic heterocycles. The number of aromatic nitrogens is 2. The summed E-state index contributed by atoms with van der Waals surface area (Å²) in [6.07, 6.45) is 2.58. The molecule has 3 aromatic carbocycles. The van der Waals surface area contributed by atoms with Crippen LogP contribution in [0.5, 0.6) is 11.5 Å². The molecule has 1 aliphatic carbocycles. The molecular formula is C25H23N5O4. The average Bonchev–Trinajstić information content (AvgIpc) is 3.44. The maximum absolute atomic E-state index is 12.4. The summed E-state index contributed by atoms with van der Waals surface area (Å²) < 4.78 is 10.6. The fourth-order valence-corrected chi connectivity index (χ4v) is 4.18. The standard InChI is InChI=1S/C25H23N5O4/c1-33-25(32)29-24-27-21-11-10-20(14-22(21)28-24)34-19-7-3-6-17(13-19)30(23(26)31)18-9-8-15-4-2-5-16(15)12-18/h3,6-14H,2,4-5H2,1H3,(H2,26,31)(H2,27,28,29,32). The minimum Gasteiger partial charge on any atom is -0.457 e. The first-order chi connectivity index (χ1) is 16.5. The van der Waals surface area contributed by atoms with Gasteiger partial charge in [-0.3, -0.25) is 10.2 Å². The summed E-state index contributed by atoms with van der Waals surface area (Å²) in [6.45, 7) is 0. The Kier molecular flexibility index (Phi) is 5.51. The first-order valence-corrected chi connectivity index (χ1v) is 10.8. The number of nitrogens with one attached hydrogen (secondary N) is 2. The third kappa shape index (κ3) is 4.23. The highest BCUT2D eigenvalue weighted by Gasteiger charge is 2.19. The van der Waals surface area contributed by atoms with Crippen molar-refractivity contribution in [3.8, 4) is 11.5 Å². The van der Waals surface area contributed by atoms with Crippen LogP contribution in [0.3, 0.4) is 0 Å². The van der Waals surface area contributed by atoms with E-state index in [0.717, 1.165) is 24.9 Å². The molecule has 3 amide bonds. The Balaban J connectivity index is 1.40. The summed E-state index contributed by atoms with van der Waals surface area (Å²) in [5, 5.41) is 2.49. The molecule has 0 radical (unpaired) electrons. The number of methoxy groups -OCH3 is 1. The SMILES string of the molecule is COC(=O)Nc1nc2ccc(Oc3cccc(N(C(N)=O)c4ccc5c(c4)CCC5)c3)cc2[nH]1. The van der Waals surface area contributed by atoms with E-state index in [1.165, 1.54) is 23.1 Å². The molecule has 172 valence electrons. The number of fused-ring (bicyclic) bond motifs is 2. The number of nitrogens with zero attached hydrogens (tertiary/aromatic N) is 2. The predicted octanol–water partition coefficient (Wildman–Crippen LogP) is 5.24. The van der Waals surface area contributed by atoms with Gasteiger partial charge >= 0.3 is 12.1 Å². The molecule has 0 spiro atoms. The first-order valence-electron chi connectivity index (χ1n) is 10.8. The maximum Gasteiger partial charge on any atom is 0.413 e. The van der Waals surface area contributed by atoms with Gasteiger partial charge in [0.05, 0.1) is 29.5 Å². The van der Waals surface area contributed by atoms with Crippen molar-refractivity contribution >= 4 is 40.5 Å². The number of imidazole rings is 1. The Morgan fingerprint density at radius 3 is 2.62 bits per heavy atom. The summed E-state index contributed by atoms with van der Waals surface area (Å²) >= 11 is 0. The Morgan fingerprint density at radius 2 is 1.79 bits per heavy atom. The normalized spacial score (nSPS) is 12.3. The fourth-order valence-electron chi connectivity index (χ4n) is 4.18. The number of aromatic amines is 1. The Hall–Kier alpha value is -4.53. The fraction of sp³-hybridized carbons (Fsp3) is 0.160. The summed E-state index contributed by atoms with van der Waals surface area (Å²) in [4.78, 5) is 32.5. The monoisotopic (exact) mass is 457 g/mol. The van der Waals surface area contributed by atoms with E-state index >= 15 is 0 Å². The Morgan fingerprint density at radius 1 is 1.00 bits per heavy atom. The van der Waals surface area contributed by atoms with Gasteiger partial charge in [-0.05, 0) is 66.8 Å². The second kappa shape index (κ2) is 8.78. The average molecular weight is 457 g/mol. The molecule has 4 aromatic rings. The number of hydrogen-bond acceptors (Lipinski definition) is 5. The summed E-state index contributed by atoms with van der Waals surface area (Å²) in [5.41, 5.74) is 11.0. The molecule has 9 nitrogen and oxygen atoms in total. The number of hydrogen-bond donors (Lipinski definition) is 3. The zero-order valence-electron chi connectivity index (χ0n) is 18.5. The number of nitrogens with two attached hydrogens (primary N) is 1. The van der Waals surface area contributed by atoms with Crippen LogP contribution in [0.4, 0.5) is 26.9 Å². The smallest absolute Gasteiger partial charge is 0.413 e. The largest absolute Gasteiger partial charge is 0.457 e. The first kappa shape index (κ1) is 21.3. The van der Waals surface area contributed by atoms with Crippen molar-refractivity contribution in [2.45, 2.75) is 19.3 Å². The number of carbonyl (C=O) groups excluding carboxylic acids is 2. The molecule has 1 aromatic heterocycles. The summed E-state index contributed by atoms with van der Waals surface area (Å²) in [7, 11) is 1.28. The predicted molar refractivity (Wildman–Crippen MR) is 129 cm³/mol. The highest BCUT2D eigenvalue weighted by atomic mass is 16.5. The molecule has 9 heteroatoms. The van der Waals surface area contributed by atoms with Crippen molar-refractivity contribution in [1.82, 2.24) is 9.97 Å². The van der Waals surface area contributed by atoms with Gasteiger partial charge in [0.2, 0.25) is 5.95 Å². The molecule has 5 rings (SSSR count). The number of anilines is 3. The number of rotatable bonds is 5. The second-order valence-electron chi connectivity index (χ2n) is 7.96. The van der Waals surface area contributed by atoms with Crippen LogP contribution < -0.4 is 20.7 Å². The number of amides is 3. The number of urea groups is 1. The zero-order valence-corrected chi connectivity index (χ0v) is 18.5. The number of primary amides is 1. The van der Waals surface area contributed by atoms with Crippen molar-refractivity contribution < 1.29 is 19.1 Å². The molecule has 4 N–H and O–H groups in total. The van der Waals surface area contributed by atoms with Gasteiger partial charge in [0.25, 0.3) is 0 Å². The number of H-pyrrole nitrogens is 1. The Bertz CT molecular complexity index is 1400. The highest BCUT2D eigenvalue weighted by molar-refractivity contribution is 5.98. The van der Waals surface area contributed by atoms with Gasteiger partial charge in [0.15, 0.2) is 0 Å². The molecule has 1 aliphatic rings. The molecule has 0 saturated heterocycles. The van der Waals surface area contributed by atoms with Crippen molar-refractivity contribution in [3.05, 3.63) is 71.8 Å². The molecule has 0 atom stereocenters. The number of carbonyl (C=O) groups is 2. The van der Waals surface area contributed by atoms with Crippen molar-refractivity contribution in [3.63, 3.8) is 0 Å². The van der Waals surface area contributed by atoms with Crippen LogP contribution in [0.15, 0.2) is 60.7 Å². The third-order valence-electron chi connectivity index (χ3n) is 5.73. The minimum atomic E-state index is -0.616. The lowest BCUT2D eigenvalue weighted by atomic mass is 10.1. The van der Waals surface area contributed by atoms with Crippen LogP contribution in [0.25, 0.3) is 11.0 Å². The van der Waals surface area contributed by atoms with Gasteiger partial charge < -0.3 is 20.2 Å². The maximum atomic E-state index is 12.4. The van der Waals surface area contributed by atoms with Crippen molar-refractivity contribution in [2.24, 2.45) is 5.73 Å². The number of ether oxygens (including phenoxy) is 2. The van der Waals surface area contributed by atoms with Gasteiger partial charge in [0.1, 0.15) is 11.5 Å². The lowest BCUT2D eigenvalue weighted by Crippen LogP contribution is -2.31. The van der Waals surface area contributed by atoms with Gasteiger partial charge in [-0.25, -0.2) is 14.6 Å². The molecule has 0 unspecified atom stereocenters. The van der Waals surface area contributed by atoms with Gasteiger partial charge in [0, 0.05) is 12.1 Å². The van der Waals surface area contributed by atoms with E-state index in [0.29, 0.717) is 28.2 Å². The van der Waals surface area contributed by atoms with Crippen LogP contribution in [-0.2, 0) is 17.6 Å². The third-order valence-corrected chi connectivity index (χ3v) is 5.73. The highest BCUT2D eigenvalue weighted by Crippen LogP contribution is 2.34. The molecule has 0 fully saturated rings. The number of aryl methyl sites for hydroxylation is 2. The van der Waals surface area contributed by atoms with E-state index in [9.17, 15) is 9.59 Å². The number of benzene rings is 3. The van der Waals surface area contributed by atoms with Crippen LogP contribution in [0, 0.1) is 0 Å². The zero-order chi connectivity index (χ0) is 23.7. The molecular weight excluding hydrogens is 434 g/mol. The van der Waals surface area contributed by atoms with Crippen LogP contribution >= 0.6 is 0 Å². The minimum absolute atomic E-state index is 0.271. The van der Waals surface area contributed by atoms with Gasteiger partial charge in [-0.15, -0.1) is 0 Å². The second-order valence-corrected chi connectivity index (χ2v) is 7.96. The van der Waals surface area contributed by atoms with Crippen molar-refractivity contribution in [1.29, 1.82) is 0 Å². The van der Waals surface area contributed by atoms with E-state index in [2.05, 4.69) is 26.1 Å². The van der Waals surface area contributed by atoms with Crippen molar-refractivity contribution in [2.75, 3.05) is 17.3 Å². The van der Waals surface area contributed by atoms with E-state index in [4.69, 9.17) is 10.5 Å². The van der Waals surface area contributed by atoms with E-state index in [1.807, 2.05) is 18.2 Å². The van der Waals surface area contributed by atoms with Crippen LogP contribution in [0.1, 0.15) is 17.5 Å². The molecule has 0 bridgehead atoms. The molecule has 0 saturated carbocycles. The van der Waals surface area contributed by atoms with Crippen LogP contribution in [-0.4, -0.2) is 29.2 Å². The van der Waals surface area contributed by atoms with Gasteiger partial charge in [-0.2, -0.15) is 0 Å². The summed E-state index contributed by atoms with van der Waals surface area (Å²) in [6, 6.07) is 17.9. The quantitative estimate of drug-likeness (QED) is 0.378. The lowest BCUT2D eigenvalue weighted by Gasteiger charge is -2.22. The van der Waals surface area contributed by atoms with Gasteiger partial charge in [-0.1, -0.05) is 12.1 Å². The van der Waals surface area contributed by atoms with E-state index in [-0.39, 0.29) is 5.95 Å². The lowest BCUT2D eigenvalue weighted by molar-refractivity contribution is 0.186. The molecule has 1 heterocycles.